The van der Waals surface area contributed by atoms with Crippen molar-refractivity contribution in [1.29, 1.82) is 0 Å². The van der Waals surface area contributed by atoms with Crippen LogP contribution in [0.1, 0.15) is 30.4 Å². The molecule has 502 valence electrons. The smallest absolute Gasteiger partial charge is 0.402 e. The molecular formula is C62H69O31+. The molecule has 0 spiro atoms. The van der Waals surface area contributed by atoms with Gasteiger partial charge in [-0.05, 0) is 84.7 Å². The molecule has 0 amide bonds. The molecule has 5 heterocycles. The third-order valence-electron chi connectivity index (χ3n) is 15.2. The number of hydrogen-bond acceptors (Lipinski definition) is 30. The molecule has 4 aliphatic heterocycles. The summed E-state index contributed by atoms with van der Waals surface area (Å²) in [5.74, 6) is -5.52. The largest absolute Gasteiger partial charge is 0.504 e. The van der Waals surface area contributed by atoms with Crippen molar-refractivity contribution in [2.75, 3.05) is 47.8 Å². The van der Waals surface area contributed by atoms with Crippen LogP contribution in [0.5, 0.6) is 46.0 Å². The average Bonchev–Trinajstić information content (AvgIpc) is 0.798. The number of methoxy groups -OCH3 is 3. The van der Waals surface area contributed by atoms with Crippen molar-refractivity contribution in [3.05, 3.63) is 102 Å². The SMILES string of the molecule is COC(=O)CC(=O)OC[C@H]1O[C@@H](Oc2cccc3[o+]c(-c4ccc(O)c(O)c4)c(O[C@@H]4O[C@H](COC(=O)/C=C/c5ccc(O[C@@H]6O[C@H](CO)[C@@H](O)[C@H](O)[C@H]6O)cc5)CC[C@H]4O[C@@H]4OC[C@@H](O)[C@H](O)[C@H]4OC(=O)C=Cc4cc(OC)c(O)c(OC)c4)cc23)[C@H](O)[C@@H](O)[C@@H]1O. The minimum Gasteiger partial charge on any atom is -0.504 e. The number of aliphatic hydroxyl groups excluding tert-OH is 9. The van der Waals surface area contributed by atoms with Crippen molar-refractivity contribution in [1.82, 2.24) is 0 Å². The number of rotatable bonds is 23. The van der Waals surface area contributed by atoms with Gasteiger partial charge < -0.3 is 128 Å². The second-order valence-electron chi connectivity index (χ2n) is 21.5. The van der Waals surface area contributed by atoms with Crippen LogP contribution in [0.3, 0.4) is 0 Å². The Kier molecular flexibility index (Phi) is 22.9. The fraction of sp³-hybridized carbons (Fsp3) is 0.435. The number of aliphatic hydroxyl groups is 9. The molecule has 9 rings (SSSR count). The topological polar surface area (TPSA) is 452 Å². The fourth-order valence-electron chi connectivity index (χ4n) is 10.0. The van der Waals surface area contributed by atoms with Gasteiger partial charge in [0.15, 0.2) is 35.4 Å². The first-order chi connectivity index (χ1) is 44.6. The highest BCUT2D eigenvalue weighted by Crippen LogP contribution is 2.43. The van der Waals surface area contributed by atoms with Gasteiger partial charge in [-0.1, -0.05) is 12.1 Å². The van der Waals surface area contributed by atoms with Gasteiger partial charge >= 0.3 is 35.2 Å². The lowest BCUT2D eigenvalue weighted by Gasteiger charge is -2.41. The monoisotopic (exact) mass is 1310 g/mol. The minimum absolute atomic E-state index is 0.0213. The molecule has 93 heavy (non-hydrogen) atoms. The number of hydrogen-bond donors (Lipinski definition) is 12. The molecule has 17 atom stereocenters. The molecular weight excluding hydrogens is 1240 g/mol. The molecule has 1 aromatic heterocycles. The zero-order valence-corrected chi connectivity index (χ0v) is 49.7. The van der Waals surface area contributed by atoms with E-state index < -0.39 is 173 Å². The number of ether oxygens (including phenoxy) is 14. The number of benzene rings is 4. The van der Waals surface area contributed by atoms with Crippen LogP contribution < -0.4 is 23.7 Å². The molecule has 31 heteroatoms. The standard InChI is InChI=1S/C62H68O31/c1-79-40-19-29(20-41(80-2)50(40)72)10-18-46(68)93-58-49(71)36(66)26-84-62(58)89-39-16-14-32(25-82-45(67)17-9-28-7-12-31(13-8-28)85-60-55(77)53(75)51(73)43(24-63)91-60)86-59(39)90-42-22-33-37(87-57(42)30-11-15-34(64)35(65)21-30)5-4-6-38(33)88-61-56(78)54(76)52(74)44(92-61)27-83-48(70)23-47(69)81-3/h4-13,15,17-22,32,36,39,43-44,49,51-56,58-63,66,71,73-78H,14,16,23-27H2,1-3H3,(H2-,64,65,68,72)/p+1/b17-9+/t32-,36+,39+,43+,44+,49-,51+,52+,53-,54-,55+,56+,58+,59-,60+,61+,62-/m0/s1. The first kappa shape index (κ1) is 68.8. The van der Waals surface area contributed by atoms with Crippen LogP contribution >= 0.6 is 0 Å². The Balaban J connectivity index is 0.990. The predicted molar refractivity (Wildman–Crippen MR) is 310 cm³/mol. The van der Waals surface area contributed by atoms with E-state index in [2.05, 4.69) is 4.74 Å². The van der Waals surface area contributed by atoms with Crippen molar-refractivity contribution in [3.8, 4) is 57.3 Å². The number of phenolic OH excluding ortho intramolecular Hbond substituents is 3. The van der Waals surface area contributed by atoms with E-state index in [9.17, 15) is 80.5 Å². The van der Waals surface area contributed by atoms with Crippen LogP contribution in [-0.4, -0.2) is 237 Å². The van der Waals surface area contributed by atoms with Crippen LogP contribution in [-0.2, 0) is 61.8 Å². The summed E-state index contributed by atoms with van der Waals surface area (Å²) < 4.78 is 86.2. The third kappa shape index (κ3) is 16.6. The van der Waals surface area contributed by atoms with Crippen LogP contribution in [0.2, 0.25) is 0 Å². The zero-order chi connectivity index (χ0) is 66.8. The second-order valence-corrected chi connectivity index (χ2v) is 21.5. The summed E-state index contributed by atoms with van der Waals surface area (Å²) in [6.07, 6.45) is -23.2. The van der Waals surface area contributed by atoms with Gasteiger partial charge in [0.2, 0.25) is 30.4 Å². The first-order valence-electron chi connectivity index (χ1n) is 28.8. The van der Waals surface area contributed by atoms with Crippen LogP contribution in [0, 0.1) is 0 Å². The molecule has 0 unspecified atom stereocenters. The highest BCUT2D eigenvalue weighted by molar-refractivity contribution is 5.91. The van der Waals surface area contributed by atoms with Gasteiger partial charge in [0, 0.05) is 30.4 Å². The molecule has 4 saturated heterocycles. The molecule has 12 N–H and O–H groups in total. The van der Waals surface area contributed by atoms with Gasteiger partial charge in [-0.2, -0.15) is 0 Å². The van der Waals surface area contributed by atoms with E-state index in [0.717, 1.165) is 31.4 Å². The van der Waals surface area contributed by atoms with Crippen LogP contribution in [0.25, 0.3) is 34.4 Å². The molecule has 0 aliphatic carbocycles. The van der Waals surface area contributed by atoms with Gasteiger partial charge in [0.05, 0.1) is 46.2 Å². The van der Waals surface area contributed by atoms with E-state index in [1.807, 2.05) is 0 Å². The Labute approximate surface area is 527 Å². The summed E-state index contributed by atoms with van der Waals surface area (Å²) >= 11 is 0. The number of phenols is 3. The van der Waals surface area contributed by atoms with E-state index in [0.29, 0.717) is 11.1 Å². The Morgan fingerprint density at radius 2 is 1.25 bits per heavy atom. The average molecular weight is 1310 g/mol. The lowest BCUT2D eigenvalue weighted by Crippen LogP contribution is -2.60. The Morgan fingerprint density at radius 3 is 1.92 bits per heavy atom. The number of carbonyl (C=O) groups excluding carboxylic acids is 4. The summed E-state index contributed by atoms with van der Waals surface area (Å²) in [6.45, 7) is -2.30. The van der Waals surface area contributed by atoms with E-state index >= 15 is 0 Å². The number of carbonyl (C=O) groups is 4. The molecule has 0 bridgehead atoms. The lowest BCUT2D eigenvalue weighted by molar-refractivity contribution is -0.317. The third-order valence-corrected chi connectivity index (χ3v) is 15.2. The molecule has 4 fully saturated rings. The van der Waals surface area contributed by atoms with E-state index in [1.54, 1.807) is 12.1 Å². The molecule has 0 saturated carbocycles. The highest BCUT2D eigenvalue weighted by Gasteiger charge is 2.49. The lowest BCUT2D eigenvalue weighted by atomic mass is 9.99. The van der Waals surface area contributed by atoms with E-state index in [4.69, 9.17) is 66.0 Å². The van der Waals surface area contributed by atoms with Gasteiger partial charge in [-0.15, -0.1) is 0 Å². The van der Waals surface area contributed by atoms with Crippen molar-refractivity contribution in [3.63, 3.8) is 0 Å². The van der Waals surface area contributed by atoms with Crippen molar-refractivity contribution in [2.45, 2.75) is 124 Å². The maximum Gasteiger partial charge on any atom is 0.402 e. The molecule has 0 radical (unpaired) electrons. The van der Waals surface area contributed by atoms with Gasteiger partial charge in [-0.3, -0.25) is 9.59 Å². The zero-order valence-electron chi connectivity index (χ0n) is 49.7. The minimum atomic E-state index is -1.94. The van der Waals surface area contributed by atoms with Gasteiger partial charge in [-0.25, -0.2) is 14.0 Å². The highest BCUT2D eigenvalue weighted by atomic mass is 16.8. The summed E-state index contributed by atoms with van der Waals surface area (Å²) in [4.78, 5) is 50.8. The second kappa shape index (κ2) is 30.9. The number of fused-ring (bicyclic) bond motifs is 1. The summed E-state index contributed by atoms with van der Waals surface area (Å²) in [5.41, 5.74) is 0.933. The predicted octanol–water partition coefficient (Wildman–Crippen LogP) is 0.215. The van der Waals surface area contributed by atoms with E-state index in [-0.39, 0.29) is 69.6 Å². The Morgan fingerprint density at radius 1 is 0.591 bits per heavy atom. The van der Waals surface area contributed by atoms with Gasteiger partial charge in [0.25, 0.3) is 0 Å². The van der Waals surface area contributed by atoms with Crippen molar-refractivity contribution < 1.29 is 151 Å². The van der Waals surface area contributed by atoms with Crippen molar-refractivity contribution in [2.24, 2.45) is 0 Å². The van der Waals surface area contributed by atoms with Gasteiger partial charge in [0.1, 0.15) is 104 Å². The first-order valence-corrected chi connectivity index (χ1v) is 28.8. The Bertz CT molecular complexity index is 3440. The molecule has 5 aromatic rings. The summed E-state index contributed by atoms with van der Waals surface area (Å²) in [5, 5.41) is 127. The quantitative estimate of drug-likeness (QED) is 0.0104. The molecule has 31 nitrogen and oxygen atoms in total. The molecule has 4 aliphatic rings. The van der Waals surface area contributed by atoms with Crippen LogP contribution in [0.15, 0.2) is 95.4 Å². The maximum absolute atomic E-state index is 13.5. The summed E-state index contributed by atoms with van der Waals surface area (Å²) in [7, 11) is 3.67. The molecule has 4 aromatic carbocycles. The normalized spacial score (nSPS) is 28.9. The number of aromatic hydroxyl groups is 3. The fourth-order valence-corrected chi connectivity index (χ4v) is 10.0. The summed E-state index contributed by atoms with van der Waals surface area (Å²) in [6, 6.07) is 18.2. The van der Waals surface area contributed by atoms with E-state index in [1.165, 1.54) is 81.0 Å². The number of esters is 4. The maximum atomic E-state index is 13.5. The Hall–Kier alpha value is -8.51. The van der Waals surface area contributed by atoms with Crippen LogP contribution in [0.4, 0.5) is 0 Å². The van der Waals surface area contributed by atoms with Crippen molar-refractivity contribution >= 4 is 47.0 Å².